The SMILES string of the molecule is CCNC(=NCc1ccnc(OCc2ccccc2)c1)NC1CCC(O)CC1.I. The number of hydrogen-bond donors (Lipinski definition) is 3. The zero-order valence-corrected chi connectivity index (χ0v) is 19.2. The Morgan fingerprint density at radius 2 is 1.90 bits per heavy atom. The summed E-state index contributed by atoms with van der Waals surface area (Å²) in [7, 11) is 0. The van der Waals surface area contributed by atoms with E-state index in [0.29, 0.717) is 25.1 Å². The van der Waals surface area contributed by atoms with Crippen LogP contribution in [-0.2, 0) is 13.2 Å². The number of rotatable bonds is 7. The summed E-state index contributed by atoms with van der Waals surface area (Å²) < 4.78 is 5.80. The molecule has 6 nitrogen and oxygen atoms in total. The molecular weight excluding hydrogens is 479 g/mol. The fraction of sp³-hybridized carbons (Fsp3) is 0.455. The summed E-state index contributed by atoms with van der Waals surface area (Å²) in [5, 5.41) is 16.5. The van der Waals surface area contributed by atoms with Crippen LogP contribution in [0, 0.1) is 0 Å². The molecule has 0 radical (unpaired) electrons. The molecule has 1 aliphatic carbocycles. The molecule has 7 heteroatoms. The third-order valence-electron chi connectivity index (χ3n) is 4.83. The zero-order valence-electron chi connectivity index (χ0n) is 16.9. The van der Waals surface area contributed by atoms with E-state index in [1.54, 1.807) is 6.20 Å². The first kappa shape index (κ1) is 23.4. The van der Waals surface area contributed by atoms with Gasteiger partial charge >= 0.3 is 0 Å². The van der Waals surface area contributed by atoms with Crippen molar-refractivity contribution in [3.8, 4) is 5.88 Å². The number of hydrogen-bond acceptors (Lipinski definition) is 4. The maximum Gasteiger partial charge on any atom is 0.213 e. The fourth-order valence-corrected chi connectivity index (χ4v) is 3.26. The smallest absolute Gasteiger partial charge is 0.213 e. The van der Waals surface area contributed by atoms with Crippen LogP contribution < -0.4 is 15.4 Å². The topological polar surface area (TPSA) is 78.8 Å². The number of aliphatic imine (C=N–C) groups is 1. The largest absolute Gasteiger partial charge is 0.473 e. The minimum Gasteiger partial charge on any atom is -0.473 e. The molecule has 0 spiro atoms. The molecule has 0 aliphatic heterocycles. The Balaban J connectivity index is 0.00000300. The Hall–Kier alpha value is -1.87. The van der Waals surface area contributed by atoms with Crippen LogP contribution in [0.4, 0.5) is 0 Å². The van der Waals surface area contributed by atoms with E-state index in [2.05, 4.69) is 22.5 Å². The quantitative estimate of drug-likeness (QED) is 0.301. The number of pyridine rings is 1. The van der Waals surface area contributed by atoms with Crippen LogP contribution in [0.25, 0.3) is 0 Å². The van der Waals surface area contributed by atoms with Crippen LogP contribution in [0.1, 0.15) is 43.7 Å². The normalized spacial score (nSPS) is 19.2. The molecule has 1 saturated carbocycles. The van der Waals surface area contributed by atoms with Crippen LogP contribution in [0.15, 0.2) is 53.7 Å². The summed E-state index contributed by atoms with van der Waals surface area (Å²) in [6, 6.07) is 14.3. The molecule has 0 unspecified atom stereocenters. The predicted octanol–water partition coefficient (Wildman–Crippen LogP) is 3.64. The molecule has 29 heavy (non-hydrogen) atoms. The summed E-state index contributed by atoms with van der Waals surface area (Å²) >= 11 is 0. The molecule has 0 amide bonds. The lowest BCUT2D eigenvalue weighted by Crippen LogP contribution is -2.45. The monoisotopic (exact) mass is 510 g/mol. The Bertz CT molecular complexity index is 749. The first-order valence-electron chi connectivity index (χ1n) is 10.1. The van der Waals surface area contributed by atoms with Gasteiger partial charge in [-0.05, 0) is 49.8 Å². The van der Waals surface area contributed by atoms with Crippen molar-refractivity contribution >= 4 is 29.9 Å². The number of aromatic nitrogens is 1. The average molecular weight is 510 g/mol. The lowest BCUT2D eigenvalue weighted by molar-refractivity contribution is 0.120. The first-order valence-corrected chi connectivity index (χ1v) is 10.1. The highest BCUT2D eigenvalue weighted by Gasteiger charge is 2.19. The molecule has 158 valence electrons. The molecule has 0 saturated heterocycles. The van der Waals surface area contributed by atoms with Gasteiger partial charge in [0, 0.05) is 24.8 Å². The van der Waals surface area contributed by atoms with Crippen LogP contribution in [-0.4, -0.2) is 34.7 Å². The standard InChI is InChI=1S/C22H30N4O2.HI/c1-2-23-22(26-19-8-10-20(27)11-9-19)25-15-18-12-13-24-21(14-18)28-16-17-6-4-3-5-7-17;/h3-7,12-14,19-20,27H,2,8-11,15-16H2,1H3,(H2,23,25,26);1H. The molecule has 3 rings (SSSR count). The highest BCUT2D eigenvalue weighted by Crippen LogP contribution is 2.18. The predicted molar refractivity (Wildman–Crippen MR) is 127 cm³/mol. The van der Waals surface area contributed by atoms with Gasteiger partial charge in [-0.2, -0.15) is 0 Å². The van der Waals surface area contributed by atoms with Gasteiger partial charge in [-0.25, -0.2) is 9.98 Å². The summed E-state index contributed by atoms with van der Waals surface area (Å²) in [6.45, 7) is 3.92. The second kappa shape index (κ2) is 12.6. The van der Waals surface area contributed by atoms with Crippen molar-refractivity contribution in [2.75, 3.05) is 6.54 Å². The number of aliphatic hydroxyl groups excluding tert-OH is 1. The van der Waals surface area contributed by atoms with Gasteiger partial charge < -0.3 is 20.5 Å². The maximum absolute atomic E-state index is 9.67. The number of benzene rings is 1. The van der Waals surface area contributed by atoms with Gasteiger partial charge in [0.25, 0.3) is 0 Å². The molecule has 1 aliphatic rings. The number of guanidine groups is 1. The lowest BCUT2D eigenvalue weighted by atomic mass is 9.93. The van der Waals surface area contributed by atoms with Crippen molar-refractivity contribution in [3.63, 3.8) is 0 Å². The maximum atomic E-state index is 9.67. The van der Waals surface area contributed by atoms with E-state index in [-0.39, 0.29) is 30.1 Å². The van der Waals surface area contributed by atoms with Crippen molar-refractivity contribution in [1.82, 2.24) is 15.6 Å². The van der Waals surface area contributed by atoms with E-state index >= 15 is 0 Å². The van der Waals surface area contributed by atoms with Gasteiger partial charge in [0.05, 0.1) is 12.6 Å². The van der Waals surface area contributed by atoms with Crippen molar-refractivity contribution in [2.24, 2.45) is 4.99 Å². The van der Waals surface area contributed by atoms with Gasteiger partial charge in [0.1, 0.15) is 6.61 Å². The number of nitrogens with zero attached hydrogens (tertiary/aromatic N) is 2. The fourth-order valence-electron chi connectivity index (χ4n) is 3.26. The molecule has 2 aromatic rings. The number of aliphatic hydroxyl groups is 1. The third kappa shape index (κ3) is 8.18. The van der Waals surface area contributed by atoms with Gasteiger partial charge in [-0.3, -0.25) is 0 Å². The van der Waals surface area contributed by atoms with Gasteiger partial charge in [0.15, 0.2) is 5.96 Å². The van der Waals surface area contributed by atoms with E-state index in [1.165, 1.54) is 0 Å². The van der Waals surface area contributed by atoms with Crippen LogP contribution in [0.3, 0.4) is 0 Å². The molecular formula is C22H31IN4O2. The van der Waals surface area contributed by atoms with Crippen LogP contribution >= 0.6 is 24.0 Å². The Kier molecular flexibility index (Phi) is 10.2. The van der Waals surface area contributed by atoms with E-state index in [4.69, 9.17) is 9.73 Å². The van der Waals surface area contributed by atoms with Crippen molar-refractivity contribution in [3.05, 3.63) is 59.8 Å². The van der Waals surface area contributed by atoms with Gasteiger partial charge in [-0.15, -0.1) is 24.0 Å². The van der Waals surface area contributed by atoms with Crippen molar-refractivity contribution in [1.29, 1.82) is 0 Å². The van der Waals surface area contributed by atoms with E-state index in [1.807, 2.05) is 42.5 Å². The number of nitrogens with one attached hydrogen (secondary N) is 2. The second-order valence-corrected chi connectivity index (χ2v) is 7.12. The highest BCUT2D eigenvalue weighted by molar-refractivity contribution is 14.0. The summed E-state index contributed by atoms with van der Waals surface area (Å²) in [5.41, 5.74) is 2.17. The van der Waals surface area contributed by atoms with Crippen LogP contribution in [0.2, 0.25) is 0 Å². The second-order valence-electron chi connectivity index (χ2n) is 7.12. The van der Waals surface area contributed by atoms with E-state index in [9.17, 15) is 5.11 Å². The lowest BCUT2D eigenvalue weighted by Gasteiger charge is -2.27. The number of halogens is 1. The van der Waals surface area contributed by atoms with Crippen LogP contribution in [0.5, 0.6) is 5.88 Å². The Labute approximate surface area is 190 Å². The molecule has 1 aromatic carbocycles. The third-order valence-corrected chi connectivity index (χ3v) is 4.83. The van der Waals surface area contributed by atoms with Gasteiger partial charge in [-0.1, -0.05) is 30.3 Å². The Morgan fingerprint density at radius 3 is 2.62 bits per heavy atom. The molecule has 1 aromatic heterocycles. The molecule has 0 bridgehead atoms. The van der Waals surface area contributed by atoms with E-state index < -0.39 is 0 Å². The van der Waals surface area contributed by atoms with E-state index in [0.717, 1.165) is 49.3 Å². The summed E-state index contributed by atoms with van der Waals surface area (Å²) in [6.07, 6.45) is 5.25. The highest BCUT2D eigenvalue weighted by atomic mass is 127. The first-order chi connectivity index (χ1) is 13.7. The average Bonchev–Trinajstić information content (AvgIpc) is 2.73. The summed E-state index contributed by atoms with van der Waals surface area (Å²) in [4.78, 5) is 9.00. The Morgan fingerprint density at radius 1 is 1.14 bits per heavy atom. The molecule has 1 heterocycles. The van der Waals surface area contributed by atoms with Crippen molar-refractivity contribution in [2.45, 2.75) is 57.9 Å². The minimum atomic E-state index is -0.149. The summed E-state index contributed by atoms with van der Waals surface area (Å²) in [5.74, 6) is 1.42. The minimum absolute atomic E-state index is 0. The van der Waals surface area contributed by atoms with Gasteiger partial charge in [0.2, 0.25) is 5.88 Å². The van der Waals surface area contributed by atoms with Crippen molar-refractivity contribution < 1.29 is 9.84 Å². The molecule has 0 atom stereocenters. The zero-order chi connectivity index (χ0) is 19.6. The molecule has 3 N–H and O–H groups in total. The number of ether oxygens (including phenoxy) is 1. The molecule has 1 fully saturated rings.